The van der Waals surface area contributed by atoms with Gasteiger partial charge in [0.05, 0.1) is 5.39 Å². The number of halogens is 1. The molecular formula is C25H18ClN3S. The fourth-order valence-electron chi connectivity index (χ4n) is 3.50. The van der Waals surface area contributed by atoms with Gasteiger partial charge in [-0.15, -0.1) is 11.8 Å². The molecule has 0 spiro atoms. The predicted octanol–water partition coefficient (Wildman–Crippen LogP) is 7.03. The molecule has 2 heterocycles. The Hall–Kier alpha value is -3.08. The third-order valence-corrected chi connectivity index (χ3v) is 6.27. The molecule has 0 bridgehead atoms. The summed E-state index contributed by atoms with van der Waals surface area (Å²) in [5, 5.41) is 2.77. The van der Waals surface area contributed by atoms with Gasteiger partial charge in [-0.1, -0.05) is 72.3 Å². The largest absolute Gasteiger partial charge is 0.301 e. The number of aromatic nitrogens is 3. The van der Waals surface area contributed by atoms with E-state index in [1.165, 1.54) is 5.56 Å². The van der Waals surface area contributed by atoms with Gasteiger partial charge < -0.3 is 4.57 Å². The summed E-state index contributed by atoms with van der Waals surface area (Å²) in [6.07, 6.45) is 3.79. The maximum absolute atomic E-state index is 6.10. The van der Waals surface area contributed by atoms with E-state index in [-0.39, 0.29) is 0 Å². The normalized spacial score (nSPS) is 11.1. The van der Waals surface area contributed by atoms with Crippen LogP contribution in [-0.4, -0.2) is 14.5 Å². The van der Waals surface area contributed by atoms with Crippen molar-refractivity contribution in [3.8, 4) is 16.8 Å². The molecule has 3 nitrogen and oxygen atoms in total. The summed E-state index contributed by atoms with van der Waals surface area (Å²) in [5.41, 5.74) is 5.45. The molecule has 0 fully saturated rings. The summed E-state index contributed by atoms with van der Waals surface area (Å²) >= 11 is 7.84. The second-order valence-corrected chi connectivity index (χ2v) is 8.31. The summed E-state index contributed by atoms with van der Waals surface area (Å²) in [4.78, 5) is 9.29. The van der Waals surface area contributed by atoms with Gasteiger partial charge in [0, 0.05) is 28.2 Å². The van der Waals surface area contributed by atoms with Crippen LogP contribution in [0.1, 0.15) is 5.56 Å². The van der Waals surface area contributed by atoms with Crippen LogP contribution in [0.5, 0.6) is 0 Å². The quantitative estimate of drug-likeness (QED) is 0.223. The van der Waals surface area contributed by atoms with Crippen molar-refractivity contribution in [2.75, 3.05) is 0 Å². The van der Waals surface area contributed by atoms with Crippen molar-refractivity contribution in [2.45, 2.75) is 10.8 Å². The van der Waals surface area contributed by atoms with Crippen LogP contribution in [0.25, 0.3) is 27.8 Å². The maximum atomic E-state index is 6.10. The molecule has 0 amide bonds. The first-order chi connectivity index (χ1) is 14.8. The van der Waals surface area contributed by atoms with Gasteiger partial charge in [-0.2, -0.15) is 0 Å². The standard InChI is InChI=1S/C25H18ClN3S/c26-20-11-13-21(14-12-20)29-15-22(19-9-5-2-6-10-19)23-24(29)27-17-28-25(23)30-16-18-7-3-1-4-8-18/h1-15,17H,16H2. The third kappa shape index (κ3) is 3.72. The highest BCUT2D eigenvalue weighted by Crippen LogP contribution is 2.37. The molecular weight excluding hydrogens is 410 g/mol. The molecule has 5 aromatic rings. The molecule has 2 aromatic heterocycles. The minimum Gasteiger partial charge on any atom is -0.301 e. The fraction of sp³-hybridized carbons (Fsp3) is 0.0400. The Kier molecular flexibility index (Phi) is 5.26. The van der Waals surface area contributed by atoms with Crippen LogP contribution in [0, 0.1) is 0 Å². The topological polar surface area (TPSA) is 30.7 Å². The van der Waals surface area contributed by atoms with Crippen molar-refractivity contribution < 1.29 is 0 Å². The molecule has 3 aromatic carbocycles. The minimum atomic E-state index is 0.715. The lowest BCUT2D eigenvalue weighted by atomic mass is 10.1. The Morgan fingerprint density at radius 3 is 2.23 bits per heavy atom. The van der Waals surface area contributed by atoms with Crippen LogP contribution in [0.3, 0.4) is 0 Å². The lowest BCUT2D eigenvalue weighted by Crippen LogP contribution is -1.94. The van der Waals surface area contributed by atoms with Crippen LogP contribution in [0.4, 0.5) is 0 Å². The molecule has 0 unspecified atom stereocenters. The van der Waals surface area contributed by atoms with Gasteiger partial charge >= 0.3 is 0 Å². The number of fused-ring (bicyclic) bond motifs is 1. The summed E-state index contributed by atoms with van der Waals surface area (Å²) in [5.74, 6) is 0.854. The highest BCUT2D eigenvalue weighted by atomic mass is 35.5. The van der Waals surface area contributed by atoms with Gasteiger partial charge in [0.25, 0.3) is 0 Å². The average molecular weight is 428 g/mol. The summed E-state index contributed by atoms with van der Waals surface area (Å²) < 4.78 is 2.11. The van der Waals surface area contributed by atoms with E-state index in [0.717, 1.165) is 38.6 Å². The molecule has 0 atom stereocenters. The van der Waals surface area contributed by atoms with E-state index in [0.29, 0.717) is 5.02 Å². The number of thioether (sulfide) groups is 1. The highest BCUT2D eigenvalue weighted by molar-refractivity contribution is 7.98. The first-order valence-corrected chi connectivity index (χ1v) is 11.0. The van der Waals surface area contributed by atoms with E-state index in [1.807, 2.05) is 36.4 Å². The van der Waals surface area contributed by atoms with Crippen LogP contribution >= 0.6 is 23.4 Å². The van der Waals surface area contributed by atoms with Crippen LogP contribution in [0.15, 0.2) is 102 Å². The lowest BCUT2D eigenvalue weighted by molar-refractivity contribution is 1.04. The van der Waals surface area contributed by atoms with Crippen molar-refractivity contribution >= 4 is 34.4 Å². The highest BCUT2D eigenvalue weighted by Gasteiger charge is 2.17. The monoisotopic (exact) mass is 427 g/mol. The zero-order valence-corrected chi connectivity index (χ0v) is 17.6. The van der Waals surface area contributed by atoms with Crippen molar-refractivity contribution in [3.63, 3.8) is 0 Å². The van der Waals surface area contributed by atoms with Gasteiger partial charge in [0.15, 0.2) is 0 Å². The van der Waals surface area contributed by atoms with E-state index in [1.54, 1.807) is 18.1 Å². The zero-order valence-electron chi connectivity index (χ0n) is 16.1. The summed E-state index contributed by atoms with van der Waals surface area (Å²) in [6, 6.07) is 28.7. The van der Waals surface area contributed by atoms with Gasteiger partial charge in [-0.25, -0.2) is 9.97 Å². The maximum Gasteiger partial charge on any atom is 0.149 e. The molecule has 0 aliphatic heterocycles. The number of nitrogens with zero attached hydrogens (tertiary/aromatic N) is 3. The second-order valence-electron chi connectivity index (χ2n) is 6.91. The molecule has 0 saturated heterocycles. The molecule has 0 aliphatic carbocycles. The lowest BCUT2D eigenvalue weighted by Gasteiger charge is -2.06. The third-order valence-electron chi connectivity index (χ3n) is 4.96. The Bertz CT molecular complexity index is 1280. The Morgan fingerprint density at radius 2 is 1.50 bits per heavy atom. The molecule has 5 heteroatoms. The number of benzene rings is 3. The van der Waals surface area contributed by atoms with Gasteiger partial charge in [0.2, 0.25) is 0 Å². The van der Waals surface area contributed by atoms with E-state index in [2.05, 4.69) is 69.3 Å². The van der Waals surface area contributed by atoms with Gasteiger partial charge in [-0.3, -0.25) is 0 Å². The number of rotatable bonds is 5. The zero-order chi connectivity index (χ0) is 20.3. The fourth-order valence-corrected chi connectivity index (χ4v) is 4.59. The number of hydrogen-bond acceptors (Lipinski definition) is 3. The summed E-state index contributed by atoms with van der Waals surface area (Å²) in [7, 11) is 0. The van der Waals surface area contributed by atoms with Crippen molar-refractivity contribution in [2.24, 2.45) is 0 Å². The second kappa shape index (κ2) is 8.34. The molecule has 5 rings (SSSR count). The summed E-state index contributed by atoms with van der Waals surface area (Å²) in [6.45, 7) is 0. The van der Waals surface area contributed by atoms with Crippen molar-refractivity contribution in [1.82, 2.24) is 14.5 Å². The molecule has 0 N–H and O–H groups in total. The van der Waals surface area contributed by atoms with Gasteiger partial charge in [0.1, 0.15) is 17.0 Å². The van der Waals surface area contributed by atoms with Gasteiger partial charge in [-0.05, 0) is 35.4 Å². The first-order valence-electron chi connectivity index (χ1n) is 9.64. The van der Waals surface area contributed by atoms with E-state index in [4.69, 9.17) is 11.6 Å². The molecule has 146 valence electrons. The van der Waals surface area contributed by atoms with E-state index < -0.39 is 0 Å². The molecule has 0 aliphatic rings. The van der Waals surface area contributed by atoms with Crippen LogP contribution in [-0.2, 0) is 5.75 Å². The Balaban J connectivity index is 1.67. The van der Waals surface area contributed by atoms with E-state index >= 15 is 0 Å². The average Bonchev–Trinajstić information content (AvgIpc) is 3.20. The molecule has 0 saturated carbocycles. The van der Waals surface area contributed by atoms with Crippen molar-refractivity contribution in [1.29, 1.82) is 0 Å². The minimum absolute atomic E-state index is 0.715. The smallest absolute Gasteiger partial charge is 0.149 e. The first kappa shape index (κ1) is 18.9. The molecule has 30 heavy (non-hydrogen) atoms. The SMILES string of the molecule is Clc1ccc(-n2cc(-c3ccccc3)c3c(SCc4ccccc4)ncnc32)cc1. The molecule has 0 radical (unpaired) electrons. The van der Waals surface area contributed by atoms with E-state index in [9.17, 15) is 0 Å². The van der Waals surface area contributed by atoms with Crippen molar-refractivity contribution in [3.05, 3.63) is 108 Å². The Labute approximate surface area is 184 Å². The number of hydrogen-bond donors (Lipinski definition) is 0. The predicted molar refractivity (Wildman–Crippen MR) is 125 cm³/mol. The van der Waals surface area contributed by atoms with Crippen LogP contribution < -0.4 is 0 Å². The Morgan fingerprint density at radius 1 is 0.800 bits per heavy atom. The van der Waals surface area contributed by atoms with Crippen LogP contribution in [0.2, 0.25) is 5.02 Å².